The highest BCUT2D eigenvalue weighted by atomic mass is 32.1. The molecular weight excluding hydrogens is 413 g/mol. The minimum absolute atomic E-state index is 0.207. The van der Waals surface area contributed by atoms with Crippen molar-refractivity contribution in [1.82, 2.24) is 29.4 Å². The van der Waals surface area contributed by atoms with Crippen molar-refractivity contribution in [2.75, 3.05) is 0 Å². The van der Waals surface area contributed by atoms with Crippen LogP contribution in [0.4, 0.5) is 13.2 Å². The molecule has 5 rings (SSSR count). The molecule has 0 unspecified atom stereocenters. The van der Waals surface area contributed by atoms with Crippen molar-refractivity contribution in [3.05, 3.63) is 28.5 Å². The maximum atomic E-state index is 13.0. The van der Waals surface area contributed by atoms with Gasteiger partial charge in [-0.2, -0.15) is 18.3 Å². The Balaban J connectivity index is 1.64. The highest BCUT2D eigenvalue weighted by Crippen LogP contribution is 2.43. The number of hydrogen-bond acceptors (Lipinski definition) is 5. The molecule has 1 aliphatic carbocycles. The summed E-state index contributed by atoms with van der Waals surface area (Å²) >= 11 is 1.69. The molecule has 30 heavy (non-hydrogen) atoms. The fourth-order valence-electron chi connectivity index (χ4n) is 4.24. The Morgan fingerprint density at radius 1 is 1.17 bits per heavy atom. The van der Waals surface area contributed by atoms with E-state index < -0.39 is 11.9 Å². The summed E-state index contributed by atoms with van der Waals surface area (Å²) in [5, 5.41) is 8.94. The van der Waals surface area contributed by atoms with E-state index in [1.54, 1.807) is 22.2 Å². The fraction of sp³-hybridized carbons (Fsp3) is 0.500. The van der Waals surface area contributed by atoms with Crippen LogP contribution in [0.1, 0.15) is 43.3 Å². The van der Waals surface area contributed by atoms with Gasteiger partial charge in [0.15, 0.2) is 17.2 Å². The largest absolute Gasteiger partial charge is 0.435 e. The van der Waals surface area contributed by atoms with Crippen LogP contribution in [-0.2, 0) is 26.1 Å². The maximum Gasteiger partial charge on any atom is 0.435 e. The van der Waals surface area contributed by atoms with Crippen LogP contribution in [0.15, 0.2) is 12.4 Å². The molecular formula is C20H21F3N6S. The van der Waals surface area contributed by atoms with Gasteiger partial charge >= 0.3 is 6.18 Å². The molecule has 4 aromatic rings. The van der Waals surface area contributed by atoms with Crippen molar-refractivity contribution < 1.29 is 13.2 Å². The normalized spacial score (nSPS) is 17.8. The zero-order chi connectivity index (χ0) is 21.4. The van der Waals surface area contributed by atoms with Gasteiger partial charge in [-0.3, -0.25) is 4.68 Å². The second-order valence-corrected chi connectivity index (χ2v) is 10.1. The lowest BCUT2D eigenvalue weighted by Crippen LogP contribution is -2.26. The van der Waals surface area contributed by atoms with Gasteiger partial charge in [0.05, 0.1) is 5.39 Å². The molecule has 0 saturated heterocycles. The number of aryl methyl sites for hydroxylation is 2. The number of fused-ring (bicyclic) bond motifs is 5. The van der Waals surface area contributed by atoms with E-state index in [4.69, 9.17) is 0 Å². The fourth-order valence-corrected chi connectivity index (χ4v) is 5.50. The van der Waals surface area contributed by atoms with Gasteiger partial charge in [-0.25, -0.2) is 14.5 Å². The van der Waals surface area contributed by atoms with Crippen LogP contribution in [0.5, 0.6) is 0 Å². The molecule has 0 bridgehead atoms. The second-order valence-electron chi connectivity index (χ2n) is 8.97. The quantitative estimate of drug-likeness (QED) is 0.427. The predicted molar refractivity (Wildman–Crippen MR) is 108 cm³/mol. The number of nitrogens with zero attached hydrogens (tertiary/aromatic N) is 6. The molecule has 0 aromatic carbocycles. The molecule has 0 N–H and O–H groups in total. The third-order valence-electron chi connectivity index (χ3n) is 6.01. The van der Waals surface area contributed by atoms with E-state index in [9.17, 15) is 13.2 Å². The van der Waals surface area contributed by atoms with Crippen molar-refractivity contribution in [1.29, 1.82) is 0 Å². The number of rotatable bonds is 1. The molecule has 1 aliphatic rings. The zero-order valence-corrected chi connectivity index (χ0v) is 17.9. The van der Waals surface area contributed by atoms with E-state index in [2.05, 4.69) is 40.9 Å². The summed E-state index contributed by atoms with van der Waals surface area (Å²) < 4.78 is 41.8. The van der Waals surface area contributed by atoms with Crippen LogP contribution >= 0.6 is 11.3 Å². The van der Waals surface area contributed by atoms with Gasteiger partial charge in [-0.05, 0) is 42.2 Å². The summed E-state index contributed by atoms with van der Waals surface area (Å²) in [6.45, 7) is 6.83. The molecule has 0 radical (unpaired) electrons. The van der Waals surface area contributed by atoms with E-state index in [-0.39, 0.29) is 16.9 Å². The van der Waals surface area contributed by atoms with Crippen molar-refractivity contribution in [3.63, 3.8) is 0 Å². The summed E-state index contributed by atoms with van der Waals surface area (Å²) in [7, 11) is 1.46. The summed E-state index contributed by atoms with van der Waals surface area (Å²) in [5.41, 5.74) is 1.40. The predicted octanol–water partition coefficient (Wildman–Crippen LogP) is 4.91. The Hall–Kier alpha value is -2.49. The number of alkyl halides is 3. The summed E-state index contributed by atoms with van der Waals surface area (Å²) in [6.07, 6.45) is 0.133. The molecule has 0 aliphatic heterocycles. The minimum atomic E-state index is -4.51. The molecule has 0 fully saturated rings. The zero-order valence-electron chi connectivity index (χ0n) is 17.1. The third-order valence-corrected chi connectivity index (χ3v) is 7.17. The topological polar surface area (TPSA) is 60.9 Å². The van der Waals surface area contributed by atoms with E-state index in [0.29, 0.717) is 11.6 Å². The first kappa shape index (κ1) is 19.5. The number of thiophene rings is 1. The monoisotopic (exact) mass is 434 g/mol. The van der Waals surface area contributed by atoms with Crippen LogP contribution in [0.25, 0.3) is 27.4 Å². The lowest BCUT2D eigenvalue weighted by atomic mass is 9.72. The van der Waals surface area contributed by atoms with Crippen molar-refractivity contribution in [3.8, 4) is 11.5 Å². The summed E-state index contributed by atoms with van der Waals surface area (Å²) in [5.74, 6) is 0.816. The van der Waals surface area contributed by atoms with Gasteiger partial charge in [0.2, 0.25) is 0 Å². The third kappa shape index (κ3) is 3.00. The highest BCUT2D eigenvalue weighted by Gasteiger charge is 2.35. The smallest absolute Gasteiger partial charge is 0.264 e. The molecule has 10 heteroatoms. The van der Waals surface area contributed by atoms with E-state index in [1.165, 1.54) is 22.2 Å². The van der Waals surface area contributed by atoms with Crippen LogP contribution in [0, 0.1) is 11.3 Å². The molecule has 4 heterocycles. The average Bonchev–Trinajstić information content (AvgIpc) is 3.32. The Morgan fingerprint density at radius 2 is 1.93 bits per heavy atom. The maximum absolute atomic E-state index is 13.0. The van der Waals surface area contributed by atoms with Gasteiger partial charge in [-0.15, -0.1) is 16.4 Å². The van der Waals surface area contributed by atoms with Gasteiger partial charge in [0.25, 0.3) is 0 Å². The highest BCUT2D eigenvalue weighted by molar-refractivity contribution is 7.19. The van der Waals surface area contributed by atoms with Crippen LogP contribution in [0.2, 0.25) is 0 Å². The summed E-state index contributed by atoms with van der Waals surface area (Å²) in [6, 6.07) is 0.983. The Morgan fingerprint density at radius 3 is 2.60 bits per heavy atom. The SMILES string of the molecule is Cn1nc(C(F)(F)F)cc1-c1nc2c3c4c(sc3ncn2n1)C[C@H](C(C)(C)C)CC4. The van der Waals surface area contributed by atoms with Gasteiger partial charge in [0, 0.05) is 11.9 Å². The van der Waals surface area contributed by atoms with E-state index in [1.807, 2.05) is 0 Å². The lowest BCUT2D eigenvalue weighted by molar-refractivity contribution is -0.141. The molecule has 6 nitrogen and oxygen atoms in total. The molecule has 1 atom stereocenters. The summed E-state index contributed by atoms with van der Waals surface area (Å²) in [4.78, 5) is 11.4. The first-order chi connectivity index (χ1) is 14.0. The minimum Gasteiger partial charge on any atom is -0.264 e. The first-order valence-corrected chi connectivity index (χ1v) is 10.6. The molecule has 4 aromatic heterocycles. The Bertz CT molecular complexity index is 1270. The molecule has 0 amide bonds. The van der Waals surface area contributed by atoms with E-state index >= 15 is 0 Å². The van der Waals surface area contributed by atoms with Gasteiger partial charge in [0.1, 0.15) is 16.9 Å². The van der Waals surface area contributed by atoms with Crippen LogP contribution in [0.3, 0.4) is 0 Å². The van der Waals surface area contributed by atoms with Crippen molar-refractivity contribution in [2.45, 2.75) is 46.2 Å². The number of hydrogen-bond donors (Lipinski definition) is 0. The lowest BCUT2D eigenvalue weighted by Gasteiger charge is -2.33. The number of halogens is 3. The van der Waals surface area contributed by atoms with Crippen molar-refractivity contribution in [2.24, 2.45) is 18.4 Å². The molecule has 0 saturated carbocycles. The van der Waals surface area contributed by atoms with Crippen LogP contribution in [-0.4, -0.2) is 29.4 Å². The molecule has 0 spiro atoms. The van der Waals surface area contributed by atoms with Gasteiger partial charge in [-0.1, -0.05) is 20.8 Å². The standard InChI is InChI=1S/C20H21F3N6S/c1-19(2,3)10-5-6-11-13(7-10)30-18-15(11)17-25-16(27-29(17)9-24-18)12-8-14(20(21,22)23)26-28(12)4/h8-10H,5-7H2,1-4H3/t10-/m1/s1. The Kier molecular flexibility index (Phi) is 4.06. The molecule has 158 valence electrons. The number of aromatic nitrogens is 6. The van der Waals surface area contributed by atoms with E-state index in [0.717, 1.165) is 35.5 Å². The second kappa shape index (κ2) is 6.26. The van der Waals surface area contributed by atoms with Gasteiger partial charge < -0.3 is 0 Å². The first-order valence-electron chi connectivity index (χ1n) is 9.79. The van der Waals surface area contributed by atoms with Crippen LogP contribution < -0.4 is 0 Å². The van der Waals surface area contributed by atoms with Crippen molar-refractivity contribution >= 4 is 27.2 Å². The Labute approximate surface area is 174 Å². The average molecular weight is 434 g/mol.